The molecule has 2 N–H and O–H groups in total. The van der Waals surface area contributed by atoms with Gasteiger partial charge in [-0.2, -0.15) is 5.26 Å². The molecule has 0 fully saturated rings. The third-order valence-corrected chi connectivity index (χ3v) is 4.07. The average Bonchev–Trinajstić information content (AvgIpc) is 3.13. The fraction of sp³-hybridized carbons (Fsp3) is 0.167. The fourth-order valence-electron chi connectivity index (χ4n) is 1.87. The van der Waals surface area contributed by atoms with Crippen LogP contribution in [-0.4, -0.2) is 24.1 Å². The highest BCUT2D eigenvalue weighted by Gasteiger charge is 2.08. The van der Waals surface area contributed by atoms with Crippen molar-refractivity contribution in [3.05, 3.63) is 54.5 Å². The standard InChI is InChI=1S/C18H17N3O3S/c19-10-4-12-25-16-7-2-1-6-15(16)21-18(23)13-20-17(22)9-8-14-5-3-11-24-14/h1-3,5-9,11H,4,12-13H2,(H,20,22)(H,21,23)/b9-8-. The Morgan fingerprint density at radius 1 is 1.24 bits per heavy atom. The fourth-order valence-corrected chi connectivity index (χ4v) is 2.73. The molecule has 128 valence electrons. The van der Waals surface area contributed by atoms with Gasteiger partial charge in [0.05, 0.1) is 24.6 Å². The molecule has 1 aromatic heterocycles. The molecular formula is C18H17N3O3S. The smallest absolute Gasteiger partial charge is 0.244 e. The number of para-hydroxylation sites is 1. The molecule has 7 heteroatoms. The largest absolute Gasteiger partial charge is 0.465 e. The number of rotatable bonds is 8. The van der Waals surface area contributed by atoms with E-state index >= 15 is 0 Å². The summed E-state index contributed by atoms with van der Waals surface area (Å²) in [7, 11) is 0. The molecule has 0 aliphatic heterocycles. The minimum absolute atomic E-state index is 0.140. The number of anilines is 1. The molecular weight excluding hydrogens is 338 g/mol. The average molecular weight is 355 g/mol. The van der Waals surface area contributed by atoms with Crippen LogP contribution < -0.4 is 10.6 Å². The van der Waals surface area contributed by atoms with Gasteiger partial charge in [-0.25, -0.2) is 0 Å². The number of benzene rings is 1. The summed E-state index contributed by atoms with van der Waals surface area (Å²) in [5, 5.41) is 13.9. The van der Waals surface area contributed by atoms with Gasteiger partial charge in [0, 0.05) is 23.1 Å². The zero-order chi connectivity index (χ0) is 17.9. The highest BCUT2D eigenvalue weighted by Crippen LogP contribution is 2.27. The van der Waals surface area contributed by atoms with Gasteiger partial charge in [-0.1, -0.05) is 12.1 Å². The molecule has 6 nitrogen and oxygen atoms in total. The van der Waals surface area contributed by atoms with Crippen LogP contribution in [0.15, 0.2) is 58.1 Å². The van der Waals surface area contributed by atoms with Gasteiger partial charge >= 0.3 is 0 Å². The maximum Gasteiger partial charge on any atom is 0.244 e. The van der Waals surface area contributed by atoms with E-state index in [2.05, 4.69) is 16.7 Å². The molecule has 0 aliphatic rings. The van der Waals surface area contributed by atoms with Crippen molar-refractivity contribution in [1.29, 1.82) is 5.26 Å². The first-order valence-electron chi connectivity index (χ1n) is 7.57. The van der Waals surface area contributed by atoms with Crippen molar-refractivity contribution in [2.24, 2.45) is 0 Å². The van der Waals surface area contributed by atoms with E-state index in [4.69, 9.17) is 9.68 Å². The van der Waals surface area contributed by atoms with Gasteiger partial charge in [-0.05, 0) is 30.3 Å². The van der Waals surface area contributed by atoms with E-state index in [1.54, 1.807) is 18.2 Å². The quantitative estimate of drug-likeness (QED) is 0.431. The van der Waals surface area contributed by atoms with Crippen LogP contribution in [0.4, 0.5) is 5.69 Å². The summed E-state index contributed by atoms with van der Waals surface area (Å²) in [6.45, 7) is -0.140. The van der Waals surface area contributed by atoms with Crippen molar-refractivity contribution >= 4 is 35.3 Å². The number of amides is 2. The van der Waals surface area contributed by atoms with E-state index in [0.717, 1.165) is 4.90 Å². The van der Waals surface area contributed by atoms with Gasteiger partial charge in [-0.3, -0.25) is 9.59 Å². The SMILES string of the molecule is N#CCCSc1ccccc1NC(=O)CNC(=O)/C=C\c1ccco1. The maximum atomic E-state index is 12.0. The lowest BCUT2D eigenvalue weighted by Crippen LogP contribution is -2.31. The van der Waals surface area contributed by atoms with Gasteiger partial charge in [0.15, 0.2) is 0 Å². The molecule has 0 bridgehead atoms. The predicted molar refractivity (Wildman–Crippen MR) is 96.8 cm³/mol. The lowest BCUT2D eigenvalue weighted by molar-refractivity contribution is -0.121. The molecule has 2 amide bonds. The van der Waals surface area contributed by atoms with E-state index in [1.807, 2.05) is 18.2 Å². The van der Waals surface area contributed by atoms with Crippen molar-refractivity contribution in [3.63, 3.8) is 0 Å². The number of nitriles is 1. The number of carbonyl (C=O) groups is 2. The Hall–Kier alpha value is -2.98. The molecule has 0 saturated heterocycles. The van der Waals surface area contributed by atoms with Crippen LogP contribution in [0.3, 0.4) is 0 Å². The zero-order valence-electron chi connectivity index (χ0n) is 13.4. The first-order valence-corrected chi connectivity index (χ1v) is 8.55. The molecule has 2 aromatic rings. The Morgan fingerprint density at radius 2 is 2.08 bits per heavy atom. The Bertz CT molecular complexity index is 779. The Labute approximate surface area is 149 Å². The van der Waals surface area contributed by atoms with Gasteiger partial charge in [0.2, 0.25) is 11.8 Å². The normalized spacial score (nSPS) is 10.4. The summed E-state index contributed by atoms with van der Waals surface area (Å²) < 4.78 is 5.07. The minimum atomic E-state index is -0.386. The number of hydrogen-bond acceptors (Lipinski definition) is 5. The third-order valence-electron chi connectivity index (χ3n) is 3.00. The summed E-state index contributed by atoms with van der Waals surface area (Å²) in [5.74, 6) is 0.497. The number of thioether (sulfide) groups is 1. The monoisotopic (exact) mass is 355 g/mol. The molecule has 0 saturated carbocycles. The number of nitrogens with one attached hydrogen (secondary N) is 2. The van der Waals surface area contributed by atoms with Gasteiger partial charge in [0.1, 0.15) is 5.76 Å². The molecule has 1 aromatic carbocycles. The molecule has 0 spiro atoms. The number of nitrogens with zero attached hydrogens (tertiary/aromatic N) is 1. The van der Waals surface area contributed by atoms with Crippen LogP contribution in [0, 0.1) is 11.3 Å². The lowest BCUT2D eigenvalue weighted by atomic mass is 10.3. The van der Waals surface area contributed by atoms with Crippen LogP contribution in [-0.2, 0) is 9.59 Å². The van der Waals surface area contributed by atoms with E-state index in [9.17, 15) is 9.59 Å². The van der Waals surface area contributed by atoms with E-state index in [0.29, 0.717) is 23.6 Å². The molecule has 0 aliphatic carbocycles. The van der Waals surface area contributed by atoms with Crippen LogP contribution in [0.1, 0.15) is 12.2 Å². The van der Waals surface area contributed by atoms with Crippen molar-refractivity contribution in [1.82, 2.24) is 5.32 Å². The van der Waals surface area contributed by atoms with E-state index in [1.165, 1.54) is 30.2 Å². The topological polar surface area (TPSA) is 95.1 Å². The van der Waals surface area contributed by atoms with Crippen molar-refractivity contribution in [2.75, 3.05) is 17.6 Å². The molecule has 0 radical (unpaired) electrons. The maximum absolute atomic E-state index is 12.0. The van der Waals surface area contributed by atoms with E-state index in [-0.39, 0.29) is 18.4 Å². The van der Waals surface area contributed by atoms with Gasteiger partial charge < -0.3 is 15.1 Å². The second-order valence-corrected chi connectivity index (χ2v) is 6.00. The van der Waals surface area contributed by atoms with Crippen LogP contribution in [0.2, 0.25) is 0 Å². The first kappa shape index (κ1) is 18.4. The zero-order valence-corrected chi connectivity index (χ0v) is 14.2. The summed E-state index contributed by atoms with van der Waals surface area (Å²) >= 11 is 1.50. The molecule has 2 rings (SSSR count). The second-order valence-electron chi connectivity index (χ2n) is 4.87. The second kappa shape index (κ2) is 10.0. The summed E-state index contributed by atoms with van der Waals surface area (Å²) in [6, 6.07) is 12.9. The van der Waals surface area contributed by atoms with Crippen LogP contribution in [0.5, 0.6) is 0 Å². The van der Waals surface area contributed by atoms with Gasteiger partial charge in [-0.15, -0.1) is 11.8 Å². The molecule has 25 heavy (non-hydrogen) atoms. The number of furan rings is 1. The Morgan fingerprint density at radius 3 is 2.84 bits per heavy atom. The van der Waals surface area contributed by atoms with Crippen LogP contribution >= 0.6 is 11.8 Å². The van der Waals surface area contributed by atoms with Crippen molar-refractivity contribution < 1.29 is 14.0 Å². The predicted octanol–water partition coefficient (Wildman–Crippen LogP) is 3.05. The summed E-state index contributed by atoms with van der Waals surface area (Å²) in [5.41, 5.74) is 0.663. The summed E-state index contributed by atoms with van der Waals surface area (Å²) in [6.07, 6.45) is 4.77. The highest BCUT2D eigenvalue weighted by atomic mass is 32.2. The Kier molecular flexibility index (Phi) is 7.35. The Balaban J connectivity index is 1.82. The van der Waals surface area contributed by atoms with E-state index < -0.39 is 0 Å². The minimum Gasteiger partial charge on any atom is -0.465 e. The molecule has 0 atom stereocenters. The highest BCUT2D eigenvalue weighted by molar-refractivity contribution is 7.99. The first-order chi connectivity index (χ1) is 12.2. The number of carbonyl (C=O) groups excluding carboxylic acids is 2. The molecule has 0 unspecified atom stereocenters. The third kappa shape index (κ3) is 6.57. The van der Waals surface area contributed by atoms with Crippen molar-refractivity contribution in [2.45, 2.75) is 11.3 Å². The van der Waals surface area contributed by atoms with Crippen molar-refractivity contribution in [3.8, 4) is 6.07 Å². The number of hydrogen-bond donors (Lipinski definition) is 2. The van der Waals surface area contributed by atoms with Crippen LogP contribution in [0.25, 0.3) is 6.08 Å². The lowest BCUT2D eigenvalue weighted by Gasteiger charge is -2.10. The van der Waals surface area contributed by atoms with Gasteiger partial charge in [0.25, 0.3) is 0 Å². The molecule has 1 heterocycles. The summed E-state index contributed by atoms with van der Waals surface area (Å²) in [4.78, 5) is 24.6.